The summed E-state index contributed by atoms with van der Waals surface area (Å²) in [6.45, 7) is 6.62. The van der Waals surface area contributed by atoms with Gasteiger partial charge < -0.3 is 4.90 Å². The predicted octanol–water partition coefficient (Wildman–Crippen LogP) is 2.53. The molecule has 2 aromatic rings. The van der Waals surface area contributed by atoms with E-state index in [0.29, 0.717) is 12.5 Å². The van der Waals surface area contributed by atoms with E-state index < -0.39 is 0 Å². The summed E-state index contributed by atoms with van der Waals surface area (Å²) >= 11 is 0. The molecule has 4 heterocycles. The maximum Gasteiger partial charge on any atom is 0.229 e. The predicted molar refractivity (Wildman–Crippen MR) is 104 cm³/mol. The summed E-state index contributed by atoms with van der Waals surface area (Å²) in [7, 11) is 1.97. The van der Waals surface area contributed by atoms with E-state index in [1.54, 1.807) is 6.20 Å². The number of rotatable bonds is 4. The zero-order valence-corrected chi connectivity index (χ0v) is 16.4. The van der Waals surface area contributed by atoms with Gasteiger partial charge in [-0.15, -0.1) is 0 Å². The van der Waals surface area contributed by atoms with Crippen LogP contribution in [0.5, 0.6) is 0 Å². The number of aromatic nitrogens is 3. The van der Waals surface area contributed by atoms with E-state index in [9.17, 15) is 4.79 Å². The Kier molecular flexibility index (Phi) is 5.00. The molecule has 6 nitrogen and oxygen atoms in total. The highest BCUT2D eigenvalue weighted by molar-refractivity contribution is 5.84. The molecule has 1 spiro atoms. The third kappa shape index (κ3) is 3.76. The smallest absolute Gasteiger partial charge is 0.229 e. The van der Waals surface area contributed by atoms with Crippen molar-refractivity contribution in [2.24, 2.45) is 12.5 Å². The maximum atomic E-state index is 13.2. The van der Waals surface area contributed by atoms with Gasteiger partial charge in [0.1, 0.15) is 0 Å². The van der Waals surface area contributed by atoms with Gasteiger partial charge in [0.15, 0.2) is 0 Å². The summed E-state index contributed by atoms with van der Waals surface area (Å²) in [5, 5.41) is 4.46. The zero-order valence-electron chi connectivity index (χ0n) is 16.4. The van der Waals surface area contributed by atoms with Gasteiger partial charge in [-0.05, 0) is 57.3 Å². The highest BCUT2D eigenvalue weighted by atomic mass is 16.2. The molecule has 0 bridgehead atoms. The Bertz CT molecular complexity index is 802. The molecule has 1 amide bonds. The first-order valence-electron chi connectivity index (χ1n) is 9.95. The van der Waals surface area contributed by atoms with Crippen LogP contribution in [0.25, 0.3) is 0 Å². The number of nitrogens with zero attached hydrogens (tertiary/aromatic N) is 5. The van der Waals surface area contributed by atoms with Crippen molar-refractivity contribution in [1.82, 2.24) is 24.6 Å². The van der Waals surface area contributed by atoms with Gasteiger partial charge >= 0.3 is 0 Å². The second kappa shape index (κ2) is 7.43. The molecule has 2 aliphatic rings. The minimum Gasteiger partial charge on any atom is -0.338 e. The molecule has 2 fully saturated rings. The van der Waals surface area contributed by atoms with Crippen molar-refractivity contribution in [3.8, 4) is 0 Å². The number of pyridine rings is 1. The molecule has 1 unspecified atom stereocenters. The first-order valence-corrected chi connectivity index (χ1v) is 9.95. The molecule has 2 aliphatic heterocycles. The fourth-order valence-electron chi connectivity index (χ4n) is 4.67. The van der Waals surface area contributed by atoms with Gasteiger partial charge in [0, 0.05) is 50.8 Å². The maximum absolute atomic E-state index is 13.2. The molecule has 0 N–H and O–H groups in total. The lowest BCUT2D eigenvalue weighted by molar-refractivity contribution is -0.137. The summed E-state index contributed by atoms with van der Waals surface area (Å²) in [6.07, 6.45) is 9.82. The molecular weight excluding hydrogens is 338 g/mol. The van der Waals surface area contributed by atoms with E-state index in [2.05, 4.69) is 34.2 Å². The highest BCUT2D eigenvalue weighted by Gasteiger charge is 2.46. The third-order valence-corrected chi connectivity index (χ3v) is 6.24. The van der Waals surface area contributed by atoms with Gasteiger partial charge in [0.25, 0.3) is 0 Å². The highest BCUT2D eigenvalue weighted by Crippen LogP contribution is 2.42. The molecule has 4 rings (SSSR count). The van der Waals surface area contributed by atoms with Crippen molar-refractivity contribution in [2.75, 3.05) is 19.6 Å². The normalized spacial score (nSPS) is 23.9. The van der Waals surface area contributed by atoms with Crippen LogP contribution in [-0.2, 0) is 24.9 Å². The summed E-state index contributed by atoms with van der Waals surface area (Å²) in [5.41, 5.74) is 3.37. The standard InChI is InChI=1S/C21H29N5O/c1-17-19(15-24(2)23-17)16-25-10-4-6-21(7-11-25)8-12-26(20(21)27)14-18-5-3-9-22-13-18/h3,5,9,13,15H,4,6-8,10-12,14,16H2,1-2H3. The van der Waals surface area contributed by atoms with E-state index in [1.807, 2.05) is 28.9 Å². The Hall–Kier alpha value is -2.21. The molecule has 0 saturated carbocycles. The molecule has 27 heavy (non-hydrogen) atoms. The number of aryl methyl sites for hydroxylation is 2. The van der Waals surface area contributed by atoms with Crippen molar-refractivity contribution in [2.45, 2.75) is 45.7 Å². The van der Waals surface area contributed by atoms with E-state index >= 15 is 0 Å². The first kappa shape index (κ1) is 18.2. The lowest BCUT2D eigenvalue weighted by Gasteiger charge is -2.27. The fourth-order valence-corrected chi connectivity index (χ4v) is 4.67. The molecule has 144 valence electrons. The van der Waals surface area contributed by atoms with Crippen LogP contribution in [-0.4, -0.2) is 50.1 Å². The number of carbonyl (C=O) groups is 1. The van der Waals surface area contributed by atoms with Crippen LogP contribution in [0.4, 0.5) is 0 Å². The van der Waals surface area contributed by atoms with Crippen LogP contribution in [0.2, 0.25) is 0 Å². The molecule has 2 aromatic heterocycles. The second-order valence-corrected chi connectivity index (χ2v) is 8.16. The molecule has 6 heteroatoms. The molecule has 0 aliphatic carbocycles. The number of hydrogen-bond donors (Lipinski definition) is 0. The van der Waals surface area contributed by atoms with Crippen LogP contribution in [0.15, 0.2) is 30.7 Å². The van der Waals surface area contributed by atoms with Crippen molar-refractivity contribution in [3.05, 3.63) is 47.5 Å². The summed E-state index contributed by atoms with van der Waals surface area (Å²) in [6, 6.07) is 3.99. The lowest BCUT2D eigenvalue weighted by atomic mass is 9.79. The van der Waals surface area contributed by atoms with Gasteiger partial charge in [-0.25, -0.2) is 0 Å². The van der Waals surface area contributed by atoms with Crippen LogP contribution in [0, 0.1) is 12.3 Å². The minimum absolute atomic E-state index is 0.152. The Labute approximate surface area is 161 Å². The van der Waals surface area contributed by atoms with Gasteiger partial charge in [-0.3, -0.25) is 19.4 Å². The largest absolute Gasteiger partial charge is 0.338 e. The van der Waals surface area contributed by atoms with Crippen LogP contribution in [0.1, 0.15) is 42.5 Å². The van der Waals surface area contributed by atoms with Crippen molar-refractivity contribution in [3.63, 3.8) is 0 Å². The first-order chi connectivity index (χ1) is 13.1. The molecule has 1 atom stereocenters. The van der Waals surface area contributed by atoms with Crippen LogP contribution < -0.4 is 0 Å². The summed E-state index contributed by atoms with van der Waals surface area (Å²) < 4.78 is 1.89. The van der Waals surface area contributed by atoms with Crippen LogP contribution in [0.3, 0.4) is 0 Å². The fraction of sp³-hybridized carbons (Fsp3) is 0.571. The Morgan fingerprint density at radius 3 is 2.74 bits per heavy atom. The van der Waals surface area contributed by atoms with E-state index in [1.165, 1.54) is 5.56 Å². The molecular formula is C21H29N5O. The quantitative estimate of drug-likeness (QED) is 0.833. The van der Waals surface area contributed by atoms with Gasteiger partial charge in [-0.1, -0.05) is 6.07 Å². The van der Waals surface area contributed by atoms with Crippen molar-refractivity contribution < 1.29 is 4.79 Å². The third-order valence-electron chi connectivity index (χ3n) is 6.24. The minimum atomic E-state index is -0.152. The topological polar surface area (TPSA) is 54.3 Å². The number of hydrogen-bond acceptors (Lipinski definition) is 4. The van der Waals surface area contributed by atoms with E-state index in [0.717, 1.165) is 63.1 Å². The summed E-state index contributed by atoms with van der Waals surface area (Å²) in [5.74, 6) is 0.353. The molecule has 0 radical (unpaired) electrons. The van der Waals surface area contributed by atoms with Gasteiger partial charge in [-0.2, -0.15) is 5.10 Å². The van der Waals surface area contributed by atoms with Crippen molar-refractivity contribution >= 4 is 5.91 Å². The van der Waals surface area contributed by atoms with E-state index in [4.69, 9.17) is 0 Å². The Balaban J connectivity index is 1.40. The van der Waals surface area contributed by atoms with Crippen molar-refractivity contribution in [1.29, 1.82) is 0 Å². The van der Waals surface area contributed by atoms with Gasteiger partial charge in [0.05, 0.1) is 11.1 Å². The molecule has 2 saturated heterocycles. The average Bonchev–Trinajstić information content (AvgIpc) is 3.04. The van der Waals surface area contributed by atoms with Gasteiger partial charge in [0.2, 0.25) is 5.91 Å². The number of carbonyl (C=O) groups excluding carboxylic acids is 1. The SMILES string of the molecule is Cc1nn(C)cc1CN1CCCC2(CC1)CCN(Cc1cccnc1)C2=O. The molecule has 0 aromatic carbocycles. The zero-order chi connectivity index (χ0) is 18.9. The Morgan fingerprint density at radius 1 is 1.15 bits per heavy atom. The average molecular weight is 367 g/mol. The summed E-state index contributed by atoms with van der Waals surface area (Å²) in [4.78, 5) is 21.9. The number of likely N-dealkylation sites (tertiary alicyclic amines) is 2. The monoisotopic (exact) mass is 367 g/mol. The second-order valence-electron chi connectivity index (χ2n) is 8.16. The lowest BCUT2D eigenvalue weighted by Crippen LogP contribution is -2.35. The Morgan fingerprint density at radius 2 is 2.00 bits per heavy atom. The van der Waals surface area contributed by atoms with E-state index in [-0.39, 0.29) is 5.41 Å². The number of amides is 1. The van der Waals surface area contributed by atoms with Crippen LogP contribution >= 0.6 is 0 Å².